The fourth-order valence-electron chi connectivity index (χ4n) is 1.12. The van der Waals surface area contributed by atoms with Gasteiger partial charge < -0.3 is 14.9 Å². The summed E-state index contributed by atoms with van der Waals surface area (Å²) in [4.78, 5) is 10.00. The molecule has 84 valence electrons. The second-order valence-electron chi connectivity index (χ2n) is 2.96. The number of halogens is 1. The van der Waals surface area contributed by atoms with Gasteiger partial charge in [0, 0.05) is 5.88 Å². The monoisotopic (exact) mass is 233 g/mol. The molecule has 1 heterocycles. The largest absolute Gasteiger partial charge is 0.392 e. The van der Waals surface area contributed by atoms with Gasteiger partial charge in [0.1, 0.15) is 0 Å². The quantitative estimate of drug-likeness (QED) is 0.322. The molecule has 0 fully saturated rings. The highest BCUT2D eigenvalue weighted by Gasteiger charge is 2.16. The van der Waals surface area contributed by atoms with Crippen LogP contribution in [-0.2, 0) is 11.3 Å². The normalized spacial score (nSPS) is 10.5. The summed E-state index contributed by atoms with van der Waals surface area (Å²) in [5.41, 5.74) is 0.553. The molecule has 1 aromatic heterocycles. The maximum absolute atomic E-state index is 10.5. The fraction of sp³-hybridized carbons (Fsp3) is 0.625. The van der Waals surface area contributed by atoms with Crippen molar-refractivity contribution < 1.29 is 9.66 Å². The van der Waals surface area contributed by atoms with Crippen LogP contribution in [0.4, 0.5) is 5.82 Å². The van der Waals surface area contributed by atoms with Crippen LogP contribution in [0.3, 0.4) is 0 Å². The molecule has 0 spiro atoms. The van der Waals surface area contributed by atoms with Crippen molar-refractivity contribution >= 4 is 17.4 Å². The number of aryl methyl sites for hydroxylation is 1. The number of nitro groups is 1. The lowest BCUT2D eigenvalue weighted by Gasteiger charge is -1.98. The van der Waals surface area contributed by atoms with Crippen LogP contribution in [-0.4, -0.2) is 33.8 Å². The fourth-order valence-corrected chi connectivity index (χ4v) is 1.23. The Bertz CT molecular complexity index is 340. The summed E-state index contributed by atoms with van der Waals surface area (Å²) in [5, 5.41) is 14.3. The predicted octanol–water partition coefficient (Wildman–Crippen LogP) is 1.36. The standard InChI is InChI=1S/C8H12ClN3O3/c1-7-6-11(3-5-15-4-2-9)10-8(7)12(13)14/h6H,2-5H2,1H3. The smallest absolute Gasteiger partial charge is 0.378 e. The molecule has 0 N–H and O–H groups in total. The van der Waals surface area contributed by atoms with Crippen molar-refractivity contribution in [3.8, 4) is 0 Å². The van der Waals surface area contributed by atoms with Gasteiger partial charge in [0.05, 0.1) is 36.6 Å². The van der Waals surface area contributed by atoms with Crippen molar-refractivity contribution in [2.24, 2.45) is 0 Å². The minimum atomic E-state index is -0.495. The first-order valence-corrected chi connectivity index (χ1v) is 5.00. The molecule has 0 atom stereocenters. The molecule has 0 aliphatic carbocycles. The first kappa shape index (κ1) is 11.9. The average molecular weight is 234 g/mol. The molecule has 1 rings (SSSR count). The van der Waals surface area contributed by atoms with Gasteiger partial charge in [0.25, 0.3) is 0 Å². The minimum absolute atomic E-state index is 0.104. The number of rotatable bonds is 6. The van der Waals surface area contributed by atoms with Crippen LogP contribution in [0.25, 0.3) is 0 Å². The maximum Gasteiger partial charge on any atom is 0.392 e. The van der Waals surface area contributed by atoms with Crippen LogP contribution >= 0.6 is 11.6 Å². The van der Waals surface area contributed by atoms with E-state index in [1.165, 1.54) is 4.68 Å². The zero-order valence-electron chi connectivity index (χ0n) is 8.35. The molecule has 0 bridgehead atoms. The molecule has 6 nitrogen and oxygen atoms in total. The first-order chi connectivity index (χ1) is 7.15. The third-order valence-electron chi connectivity index (χ3n) is 1.78. The topological polar surface area (TPSA) is 70.2 Å². The molecule has 7 heteroatoms. The first-order valence-electron chi connectivity index (χ1n) is 4.47. The Kier molecular flexibility index (Phi) is 4.51. The van der Waals surface area contributed by atoms with E-state index >= 15 is 0 Å². The van der Waals surface area contributed by atoms with Crippen LogP contribution in [0, 0.1) is 17.0 Å². The number of hydrogen-bond donors (Lipinski definition) is 0. The Labute approximate surface area is 91.9 Å². The Morgan fingerprint density at radius 2 is 2.40 bits per heavy atom. The van der Waals surface area contributed by atoms with Crippen molar-refractivity contribution in [3.63, 3.8) is 0 Å². The predicted molar refractivity (Wildman–Crippen MR) is 55.2 cm³/mol. The van der Waals surface area contributed by atoms with Gasteiger partial charge in [-0.15, -0.1) is 11.6 Å². The summed E-state index contributed by atoms with van der Waals surface area (Å²) in [6.07, 6.45) is 1.63. The lowest BCUT2D eigenvalue weighted by Crippen LogP contribution is -2.08. The number of hydrogen-bond acceptors (Lipinski definition) is 4. The van der Waals surface area contributed by atoms with Crippen LogP contribution in [0.15, 0.2) is 6.20 Å². The molecule has 0 saturated heterocycles. The van der Waals surface area contributed by atoms with Crippen molar-refractivity contribution in [1.82, 2.24) is 9.78 Å². The second kappa shape index (κ2) is 5.67. The van der Waals surface area contributed by atoms with E-state index in [1.54, 1.807) is 13.1 Å². The highest BCUT2D eigenvalue weighted by molar-refractivity contribution is 6.17. The third kappa shape index (κ3) is 3.49. The Morgan fingerprint density at radius 3 is 2.93 bits per heavy atom. The molecule has 0 aliphatic heterocycles. The molecular formula is C8H12ClN3O3. The summed E-state index contributed by atoms with van der Waals surface area (Å²) >= 11 is 5.42. The van der Waals surface area contributed by atoms with Gasteiger partial charge in [0.15, 0.2) is 0 Å². The SMILES string of the molecule is Cc1cn(CCOCCCl)nc1[N+](=O)[O-]. The maximum atomic E-state index is 10.5. The number of nitrogens with zero attached hydrogens (tertiary/aromatic N) is 3. The summed E-state index contributed by atoms with van der Waals surface area (Å²) in [6.45, 7) is 3.07. The van der Waals surface area contributed by atoms with E-state index < -0.39 is 4.92 Å². The molecule has 1 aromatic rings. The average Bonchev–Trinajstić information content (AvgIpc) is 2.55. The lowest BCUT2D eigenvalue weighted by molar-refractivity contribution is -0.390. The number of ether oxygens (including phenoxy) is 1. The number of aromatic nitrogens is 2. The Morgan fingerprint density at radius 1 is 1.67 bits per heavy atom. The van der Waals surface area contributed by atoms with Crippen molar-refractivity contribution in [2.75, 3.05) is 19.1 Å². The van der Waals surface area contributed by atoms with Crippen molar-refractivity contribution in [3.05, 3.63) is 21.9 Å². The van der Waals surface area contributed by atoms with E-state index in [0.29, 0.717) is 31.2 Å². The van der Waals surface area contributed by atoms with E-state index in [2.05, 4.69) is 5.10 Å². The third-order valence-corrected chi connectivity index (χ3v) is 1.93. The van der Waals surface area contributed by atoms with Gasteiger partial charge in [-0.25, -0.2) is 0 Å². The van der Waals surface area contributed by atoms with Gasteiger partial charge in [-0.3, -0.25) is 0 Å². The second-order valence-corrected chi connectivity index (χ2v) is 3.34. The molecule has 0 amide bonds. The summed E-state index contributed by atoms with van der Waals surface area (Å²) in [5.74, 6) is 0.338. The van der Waals surface area contributed by atoms with E-state index in [0.717, 1.165) is 0 Å². The zero-order chi connectivity index (χ0) is 11.3. The van der Waals surface area contributed by atoms with Gasteiger partial charge in [-0.2, -0.15) is 4.68 Å². The van der Waals surface area contributed by atoms with E-state index in [4.69, 9.17) is 16.3 Å². The van der Waals surface area contributed by atoms with Gasteiger partial charge in [-0.1, -0.05) is 0 Å². The summed E-state index contributed by atoms with van der Waals surface area (Å²) in [6, 6.07) is 0. The van der Waals surface area contributed by atoms with Crippen molar-refractivity contribution in [1.29, 1.82) is 0 Å². The Balaban J connectivity index is 2.48. The van der Waals surface area contributed by atoms with Crippen LogP contribution in [0.1, 0.15) is 5.56 Å². The van der Waals surface area contributed by atoms with Crippen LogP contribution < -0.4 is 0 Å². The van der Waals surface area contributed by atoms with Gasteiger partial charge in [0.2, 0.25) is 0 Å². The molecule has 0 aromatic carbocycles. The van der Waals surface area contributed by atoms with Crippen molar-refractivity contribution in [2.45, 2.75) is 13.5 Å². The molecule has 0 saturated carbocycles. The molecule has 0 aliphatic rings. The summed E-state index contributed by atoms with van der Waals surface area (Å²) < 4.78 is 6.64. The molecule has 0 unspecified atom stereocenters. The van der Waals surface area contributed by atoms with Crippen LogP contribution in [0.5, 0.6) is 0 Å². The van der Waals surface area contributed by atoms with Crippen LogP contribution in [0.2, 0.25) is 0 Å². The minimum Gasteiger partial charge on any atom is -0.378 e. The molecule has 15 heavy (non-hydrogen) atoms. The van der Waals surface area contributed by atoms with Gasteiger partial charge >= 0.3 is 5.82 Å². The zero-order valence-corrected chi connectivity index (χ0v) is 9.11. The molecular weight excluding hydrogens is 222 g/mol. The van der Waals surface area contributed by atoms with E-state index in [-0.39, 0.29) is 5.82 Å². The highest BCUT2D eigenvalue weighted by Crippen LogP contribution is 2.13. The molecule has 0 radical (unpaired) electrons. The van der Waals surface area contributed by atoms with E-state index in [9.17, 15) is 10.1 Å². The summed E-state index contributed by atoms with van der Waals surface area (Å²) in [7, 11) is 0. The lowest BCUT2D eigenvalue weighted by atomic mass is 10.4. The highest BCUT2D eigenvalue weighted by atomic mass is 35.5. The number of alkyl halides is 1. The van der Waals surface area contributed by atoms with Gasteiger partial charge in [-0.05, 0) is 11.8 Å². The Hall–Kier alpha value is -1.14. The van der Waals surface area contributed by atoms with E-state index in [1.807, 2.05) is 0 Å².